The van der Waals surface area contributed by atoms with Crippen LogP contribution in [0.5, 0.6) is 0 Å². The van der Waals surface area contributed by atoms with Crippen LogP contribution in [-0.4, -0.2) is 19.8 Å². The Morgan fingerprint density at radius 3 is 2.21 bits per heavy atom. The Hall–Kier alpha value is -0.590. The van der Waals surface area contributed by atoms with Gasteiger partial charge in [-0.05, 0) is 23.8 Å². The van der Waals surface area contributed by atoms with Crippen LogP contribution in [0.3, 0.4) is 0 Å². The monoisotopic (exact) mass is 336 g/mol. The lowest BCUT2D eigenvalue weighted by atomic mass is 10.0. The van der Waals surface area contributed by atoms with Gasteiger partial charge in [-0.3, -0.25) is 0 Å². The molecule has 0 radical (unpaired) electrons. The number of hydrogen-bond donors (Lipinski definition) is 1. The van der Waals surface area contributed by atoms with Gasteiger partial charge in [0.25, 0.3) is 0 Å². The molecule has 7 heteroatoms. The minimum absolute atomic E-state index is 0.206. The standard InChI is InChI=1S/C12H10Cl2O3S2/c1-19(16,17)8-4-2-7(3-5-8)11(15)9-6-10(13)18-12(9)14/h2-6,11,15H,1H3. The first-order chi connectivity index (χ1) is 8.79. The van der Waals surface area contributed by atoms with Crippen molar-refractivity contribution in [3.8, 4) is 0 Å². The SMILES string of the molecule is CS(=O)(=O)c1ccc(C(O)c2cc(Cl)sc2Cl)cc1. The first-order valence-electron chi connectivity index (χ1n) is 5.22. The number of rotatable bonds is 3. The third-order valence-corrected chi connectivity index (χ3v) is 5.25. The minimum atomic E-state index is -3.24. The zero-order valence-electron chi connectivity index (χ0n) is 9.80. The summed E-state index contributed by atoms with van der Waals surface area (Å²) in [5.74, 6) is 0. The maximum Gasteiger partial charge on any atom is 0.175 e. The Kier molecular flexibility index (Phi) is 4.23. The highest BCUT2D eigenvalue weighted by Gasteiger charge is 2.17. The highest BCUT2D eigenvalue weighted by molar-refractivity contribution is 7.90. The molecular weight excluding hydrogens is 327 g/mol. The first-order valence-corrected chi connectivity index (χ1v) is 8.68. The van der Waals surface area contributed by atoms with Gasteiger partial charge in [0.1, 0.15) is 10.4 Å². The highest BCUT2D eigenvalue weighted by Crippen LogP contribution is 2.37. The number of thiophene rings is 1. The molecule has 0 aliphatic carbocycles. The lowest BCUT2D eigenvalue weighted by Crippen LogP contribution is -2.01. The molecule has 1 heterocycles. The summed E-state index contributed by atoms with van der Waals surface area (Å²) in [4.78, 5) is 0.206. The molecule has 19 heavy (non-hydrogen) atoms. The van der Waals surface area contributed by atoms with Crippen LogP contribution in [-0.2, 0) is 9.84 Å². The van der Waals surface area contributed by atoms with Gasteiger partial charge in [0, 0.05) is 11.8 Å². The summed E-state index contributed by atoms with van der Waals surface area (Å²) < 4.78 is 23.6. The molecule has 0 amide bonds. The molecular formula is C12H10Cl2O3S2. The van der Waals surface area contributed by atoms with E-state index in [1.807, 2.05) is 0 Å². The third kappa shape index (κ3) is 3.30. The van der Waals surface area contributed by atoms with Crippen molar-refractivity contribution in [1.82, 2.24) is 0 Å². The third-order valence-electron chi connectivity index (χ3n) is 2.60. The van der Waals surface area contributed by atoms with Gasteiger partial charge in [-0.25, -0.2) is 8.42 Å². The van der Waals surface area contributed by atoms with E-state index in [1.165, 1.54) is 23.5 Å². The van der Waals surface area contributed by atoms with Crippen LogP contribution in [0, 0.1) is 0 Å². The number of halogens is 2. The van der Waals surface area contributed by atoms with Crippen molar-refractivity contribution in [2.24, 2.45) is 0 Å². The summed E-state index contributed by atoms with van der Waals surface area (Å²) in [6.07, 6.45) is 0.207. The number of hydrogen-bond acceptors (Lipinski definition) is 4. The molecule has 0 saturated carbocycles. The van der Waals surface area contributed by atoms with Crippen LogP contribution in [0.4, 0.5) is 0 Å². The number of aliphatic hydroxyl groups excluding tert-OH is 1. The van der Waals surface area contributed by atoms with E-state index in [9.17, 15) is 13.5 Å². The summed E-state index contributed by atoms with van der Waals surface area (Å²) in [5.41, 5.74) is 1.08. The van der Waals surface area contributed by atoms with E-state index in [2.05, 4.69) is 0 Å². The first kappa shape index (κ1) is 14.8. The predicted molar refractivity (Wildman–Crippen MR) is 78.0 cm³/mol. The maximum atomic E-state index is 11.3. The molecule has 0 aliphatic heterocycles. The largest absolute Gasteiger partial charge is 0.384 e. The van der Waals surface area contributed by atoms with Crippen LogP contribution in [0.15, 0.2) is 35.2 Å². The molecule has 0 spiro atoms. The van der Waals surface area contributed by atoms with Crippen molar-refractivity contribution in [3.05, 3.63) is 50.1 Å². The smallest absolute Gasteiger partial charge is 0.175 e. The molecule has 1 N–H and O–H groups in total. The van der Waals surface area contributed by atoms with Gasteiger partial charge in [-0.1, -0.05) is 35.3 Å². The van der Waals surface area contributed by atoms with Crippen LogP contribution in [0.25, 0.3) is 0 Å². The number of sulfone groups is 1. The summed E-state index contributed by atoms with van der Waals surface area (Å²) in [7, 11) is -3.24. The lowest BCUT2D eigenvalue weighted by Gasteiger charge is -2.10. The summed E-state index contributed by atoms with van der Waals surface area (Å²) in [6.45, 7) is 0. The molecule has 102 valence electrons. The second-order valence-corrected chi connectivity index (χ2v) is 8.32. The second-order valence-electron chi connectivity index (χ2n) is 4.02. The zero-order valence-corrected chi connectivity index (χ0v) is 12.9. The van der Waals surface area contributed by atoms with Gasteiger partial charge in [0.05, 0.1) is 9.23 Å². The molecule has 3 nitrogen and oxygen atoms in total. The Bertz CT molecular complexity index is 690. The summed E-state index contributed by atoms with van der Waals surface area (Å²) >= 11 is 13.0. The van der Waals surface area contributed by atoms with Gasteiger partial charge in [-0.15, -0.1) is 11.3 Å². The van der Waals surface area contributed by atoms with E-state index < -0.39 is 15.9 Å². The fraction of sp³-hybridized carbons (Fsp3) is 0.167. The van der Waals surface area contributed by atoms with Crippen molar-refractivity contribution in [3.63, 3.8) is 0 Å². The molecule has 2 rings (SSSR count). The van der Waals surface area contributed by atoms with E-state index in [1.54, 1.807) is 18.2 Å². The van der Waals surface area contributed by atoms with Gasteiger partial charge in [-0.2, -0.15) is 0 Å². The second kappa shape index (κ2) is 5.42. The molecule has 2 aromatic rings. The van der Waals surface area contributed by atoms with Crippen molar-refractivity contribution in [2.75, 3.05) is 6.26 Å². The summed E-state index contributed by atoms with van der Waals surface area (Å²) in [6, 6.07) is 7.63. The van der Waals surface area contributed by atoms with Gasteiger partial charge < -0.3 is 5.11 Å². The number of benzene rings is 1. The van der Waals surface area contributed by atoms with Gasteiger partial charge in [0.15, 0.2) is 9.84 Å². The normalized spacial score (nSPS) is 13.5. The zero-order chi connectivity index (χ0) is 14.2. The molecule has 0 saturated heterocycles. The van der Waals surface area contributed by atoms with Gasteiger partial charge in [0.2, 0.25) is 0 Å². The van der Waals surface area contributed by atoms with E-state index in [-0.39, 0.29) is 4.90 Å². The average molecular weight is 337 g/mol. The molecule has 0 fully saturated rings. The Labute approximate surface area is 125 Å². The van der Waals surface area contributed by atoms with E-state index in [4.69, 9.17) is 23.2 Å². The van der Waals surface area contributed by atoms with Crippen molar-refractivity contribution in [1.29, 1.82) is 0 Å². The predicted octanol–water partition coefficient (Wildman–Crippen LogP) is 3.54. The van der Waals surface area contributed by atoms with Gasteiger partial charge >= 0.3 is 0 Å². The highest BCUT2D eigenvalue weighted by atomic mass is 35.5. The fourth-order valence-corrected chi connectivity index (χ4v) is 3.77. The molecule has 1 atom stereocenters. The van der Waals surface area contributed by atoms with Crippen LogP contribution < -0.4 is 0 Å². The topological polar surface area (TPSA) is 54.4 Å². The van der Waals surface area contributed by atoms with E-state index in [0.29, 0.717) is 19.8 Å². The molecule has 0 aliphatic rings. The molecule has 1 aromatic carbocycles. The Balaban J connectivity index is 2.35. The quantitative estimate of drug-likeness (QED) is 0.932. The minimum Gasteiger partial charge on any atom is -0.384 e. The lowest BCUT2D eigenvalue weighted by molar-refractivity contribution is 0.221. The maximum absolute atomic E-state index is 11.3. The van der Waals surface area contributed by atoms with Crippen LogP contribution >= 0.6 is 34.5 Å². The van der Waals surface area contributed by atoms with E-state index >= 15 is 0 Å². The van der Waals surface area contributed by atoms with Crippen molar-refractivity contribution >= 4 is 44.4 Å². The molecule has 1 unspecified atom stereocenters. The van der Waals surface area contributed by atoms with Crippen molar-refractivity contribution < 1.29 is 13.5 Å². The average Bonchev–Trinajstić information content (AvgIpc) is 2.66. The Morgan fingerprint density at radius 2 is 1.79 bits per heavy atom. The molecule has 1 aromatic heterocycles. The van der Waals surface area contributed by atoms with E-state index in [0.717, 1.165) is 6.26 Å². The van der Waals surface area contributed by atoms with Crippen molar-refractivity contribution in [2.45, 2.75) is 11.0 Å². The fourth-order valence-electron chi connectivity index (χ4n) is 1.62. The van der Waals surface area contributed by atoms with Crippen LogP contribution in [0.2, 0.25) is 8.67 Å². The number of aliphatic hydroxyl groups is 1. The summed E-state index contributed by atoms with van der Waals surface area (Å²) in [5, 5.41) is 10.2. The molecule has 0 bridgehead atoms. The van der Waals surface area contributed by atoms with Crippen LogP contribution in [0.1, 0.15) is 17.2 Å². The Morgan fingerprint density at radius 1 is 1.21 bits per heavy atom.